The predicted octanol–water partition coefficient (Wildman–Crippen LogP) is 5.29. The van der Waals surface area contributed by atoms with Crippen LogP contribution < -0.4 is 0 Å². The lowest BCUT2D eigenvalue weighted by atomic mass is 10.0. The van der Waals surface area contributed by atoms with Gasteiger partial charge in [0.15, 0.2) is 0 Å². The molecular formula is C15H11Cl2F3O. The first-order chi connectivity index (χ1) is 9.77. The first kappa shape index (κ1) is 16.1. The van der Waals surface area contributed by atoms with Crippen LogP contribution >= 0.6 is 23.2 Å². The maximum atomic E-state index is 12.5. The fourth-order valence-electron chi connectivity index (χ4n) is 1.89. The molecule has 2 aromatic carbocycles. The average Bonchev–Trinajstić information content (AvgIpc) is 2.41. The van der Waals surface area contributed by atoms with Crippen LogP contribution in [0.5, 0.6) is 0 Å². The molecule has 1 N–H and O–H groups in total. The van der Waals surface area contributed by atoms with Gasteiger partial charge in [0.05, 0.1) is 21.7 Å². The fraction of sp³-hybridized carbons (Fsp3) is 0.200. The minimum atomic E-state index is -4.36. The molecule has 0 saturated carbocycles. The highest BCUT2D eigenvalue weighted by Gasteiger charge is 2.29. The van der Waals surface area contributed by atoms with Crippen molar-refractivity contribution in [1.29, 1.82) is 0 Å². The second kappa shape index (κ2) is 6.26. The number of aliphatic hydroxyl groups is 1. The van der Waals surface area contributed by atoms with Gasteiger partial charge in [-0.3, -0.25) is 0 Å². The highest BCUT2D eigenvalue weighted by atomic mass is 35.5. The molecule has 21 heavy (non-hydrogen) atoms. The zero-order valence-electron chi connectivity index (χ0n) is 10.7. The lowest BCUT2D eigenvalue weighted by molar-refractivity contribution is -0.137. The highest BCUT2D eigenvalue weighted by molar-refractivity contribution is 6.42. The minimum Gasteiger partial charge on any atom is -0.388 e. The largest absolute Gasteiger partial charge is 0.416 e. The first-order valence-corrected chi connectivity index (χ1v) is 6.82. The van der Waals surface area contributed by atoms with Crippen LogP contribution in [0.4, 0.5) is 13.2 Å². The second-order valence-electron chi connectivity index (χ2n) is 4.59. The molecule has 0 aliphatic rings. The average molecular weight is 335 g/mol. The molecule has 0 radical (unpaired) electrons. The Morgan fingerprint density at radius 3 is 2.10 bits per heavy atom. The number of benzene rings is 2. The monoisotopic (exact) mass is 334 g/mol. The van der Waals surface area contributed by atoms with Crippen molar-refractivity contribution in [2.75, 3.05) is 0 Å². The van der Waals surface area contributed by atoms with Crippen LogP contribution in [0.3, 0.4) is 0 Å². The predicted molar refractivity (Wildman–Crippen MR) is 76.6 cm³/mol. The summed E-state index contributed by atoms with van der Waals surface area (Å²) in [5, 5.41) is 10.8. The van der Waals surface area contributed by atoms with E-state index < -0.39 is 17.8 Å². The zero-order chi connectivity index (χ0) is 15.6. The van der Waals surface area contributed by atoms with Gasteiger partial charge in [-0.15, -0.1) is 0 Å². The van der Waals surface area contributed by atoms with E-state index in [4.69, 9.17) is 23.2 Å². The van der Waals surface area contributed by atoms with E-state index in [0.29, 0.717) is 21.2 Å². The second-order valence-corrected chi connectivity index (χ2v) is 5.40. The maximum absolute atomic E-state index is 12.5. The summed E-state index contributed by atoms with van der Waals surface area (Å²) in [6.45, 7) is 0. The van der Waals surface area contributed by atoms with Crippen molar-refractivity contribution in [3.05, 3.63) is 69.2 Å². The van der Waals surface area contributed by atoms with Crippen molar-refractivity contribution in [3.8, 4) is 0 Å². The lowest BCUT2D eigenvalue weighted by Crippen LogP contribution is -2.06. The van der Waals surface area contributed by atoms with Gasteiger partial charge in [0.1, 0.15) is 0 Å². The molecule has 1 unspecified atom stereocenters. The standard InChI is InChI=1S/C15H11Cl2F3O/c16-12-6-3-10(8-13(12)17)14(21)7-9-1-4-11(5-2-9)15(18,19)20/h1-6,8,14,21H,7H2. The molecule has 0 aliphatic heterocycles. The van der Waals surface area contributed by atoms with E-state index in [-0.39, 0.29) is 6.42 Å². The summed E-state index contributed by atoms with van der Waals surface area (Å²) in [6.07, 6.45) is -5.03. The van der Waals surface area contributed by atoms with Crippen LogP contribution in [-0.2, 0) is 12.6 Å². The zero-order valence-corrected chi connectivity index (χ0v) is 12.2. The van der Waals surface area contributed by atoms with Crippen molar-refractivity contribution >= 4 is 23.2 Å². The van der Waals surface area contributed by atoms with Gasteiger partial charge in [0.2, 0.25) is 0 Å². The Morgan fingerprint density at radius 2 is 1.57 bits per heavy atom. The SMILES string of the molecule is OC(Cc1ccc(C(F)(F)F)cc1)c1ccc(Cl)c(Cl)c1. The Bertz CT molecular complexity index is 624. The van der Waals surface area contributed by atoms with Gasteiger partial charge in [0.25, 0.3) is 0 Å². The lowest BCUT2D eigenvalue weighted by Gasteiger charge is -2.13. The quantitative estimate of drug-likeness (QED) is 0.808. The molecule has 0 heterocycles. The molecule has 2 aromatic rings. The van der Waals surface area contributed by atoms with Crippen molar-refractivity contribution in [3.63, 3.8) is 0 Å². The van der Waals surface area contributed by atoms with E-state index in [1.807, 2.05) is 0 Å². The van der Waals surface area contributed by atoms with Crippen LogP contribution in [0.15, 0.2) is 42.5 Å². The Balaban J connectivity index is 2.12. The highest BCUT2D eigenvalue weighted by Crippen LogP contribution is 2.30. The third kappa shape index (κ3) is 4.13. The van der Waals surface area contributed by atoms with Gasteiger partial charge >= 0.3 is 6.18 Å². The van der Waals surface area contributed by atoms with Crippen molar-refractivity contribution < 1.29 is 18.3 Å². The third-order valence-corrected chi connectivity index (χ3v) is 3.78. The van der Waals surface area contributed by atoms with Crippen LogP contribution in [0.2, 0.25) is 10.0 Å². The van der Waals surface area contributed by atoms with Gasteiger partial charge in [-0.25, -0.2) is 0 Å². The number of hydrogen-bond acceptors (Lipinski definition) is 1. The summed E-state index contributed by atoms with van der Waals surface area (Å²) in [7, 11) is 0. The summed E-state index contributed by atoms with van der Waals surface area (Å²) in [5.41, 5.74) is 0.446. The fourth-order valence-corrected chi connectivity index (χ4v) is 2.20. The number of hydrogen-bond donors (Lipinski definition) is 1. The van der Waals surface area contributed by atoms with Crippen LogP contribution in [0.1, 0.15) is 22.8 Å². The first-order valence-electron chi connectivity index (χ1n) is 6.06. The Hall–Kier alpha value is -1.23. The van der Waals surface area contributed by atoms with Crippen LogP contribution in [0.25, 0.3) is 0 Å². The van der Waals surface area contributed by atoms with E-state index in [1.165, 1.54) is 12.1 Å². The van der Waals surface area contributed by atoms with E-state index in [9.17, 15) is 18.3 Å². The topological polar surface area (TPSA) is 20.2 Å². The summed E-state index contributed by atoms with van der Waals surface area (Å²) < 4.78 is 37.4. The van der Waals surface area contributed by atoms with Gasteiger partial charge in [0, 0.05) is 6.42 Å². The molecule has 0 bridgehead atoms. The maximum Gasteiger partial charge on any atom is 0.416 e. The molecule has 0 fully saturated rings. The molecule has 1 atom stereocenters. The number of alkyl halides is 3. The van der Waals surface area contributed by atoms with Crippen molar-refractivity contribution in [2.24, 2.45) is 0 Å². The van der Waals surface area contributed by atoms with Gasteiger partial charge in [-0.2, -0.15) is 13.2 Å². The summed E-state index contributed by atoms with van der Waals surface area (Å²) >= 11 is 11.6. The van der Waals surface area contributed by atoms with Gasteiger partial charge in [-0.05, 0) is 35.4 Å². The molecule has 112 valence electrons. The summed E-state index contributed by atoms with van der Waals surface area (Å²) in [6, 6.07) is 9.43. The van der Waals surface area contributed by atoms with E-state index in [1.54, 1.807) is 18.2 Å². The molecule has 0 saturated heterocycles. The molecule has 0 aliphatic carbocycles. The van der Waals surface area contributed by atoms with Crippen LogP contribution in [0, 0.1) is 0 Å². The smallest absolute Gasteiger partial charge is 0.388 e. The molecule has 2 rings (SSSR count). The number of halogens is 5. The number of rotatable bonds is 3. The molecule has 0 aromatic heterocycles. The van der Waals surface area contributed by atoms with E-state index in [0.717, 1.165) is 12.1 Å². The molecule has 0 amide bonds. The van der Waals surface area contributed by atoms with Gasteiger partial charge in [-0.1, -0.05) is 41.4 Å². The Labute approximate surface area is 129 Å². The minimum absolute atomic E-state index is 0.191. The molecule has 6 heteroatoms. The van der Waals surface area contributed by atoms with Crippen LogP contribution in [-0.4, -0.2) is 5.11 Å². The van der Waals surface area contributed by atoms with Gasteiger partial charge < -0.3 is 5.11 Å². The summed E-state index contributed by atoms with van der Waals surface area (Å²) in [4.78, 5) is 0. The molecule has 1 nitrogen and oxygen atoms in total. The third-order valence-electron chi connectivity index (χ3n) is 3.04. The van der Waals surface area contributed by atoms with Crippen molar-refractivity contribution in [2.45, 2.75) is 18.7 Å². The summed E-state index contributed by atoms with van der Waals surface area (Å²) in [5.74, 6) is 0. The molecule has 0 spiro atoms. The number of aliphatic hydroxyl groups excluding tert-OH is 1. The normalized spacial score (nSPS) is 13.2. The van der Waals surface area contributed by atoms with E-state index >= 15 is 0 Å². The molecular weight excluding hydrogens is 324 g/mol. The Morgan fingerprint density at radius 1 is 0.952 bits per heavy atom. The van der Waals surface area contributed by atoms with Crippen molar-refractivity contribution in [1.82, 2.24) is 0 Å². The Kier molecular flexibility index (Phi) is 4.81. The van der Waals surface area contributed by atoms with E-state index in [2.05, 4.69) is 0 Å².